The predicted molar refractivity (Wildman–Crippen MR) is 46.6 cm³/mol. The number of nitrogens with one attached hydrogen (secondary N) is 1. The second kappa shape index (κ2) is 3.23. The quantitative estimate of drug-likeness (QED) is 0.561. The fourth-order valence-electron chi connectivity index (χ4n) is 1.16. The summed E-state index contributed by atoms with van der Waals surface area (Å²) in [5.41, 5.74) is 0.123. The number of hydrogen-bond donors (Lipinski definition) is 2. The van der Waals surface area contributed by atoms with Crippen LogP contribution in [-0.4, -0.2) is 10.7 Å². The summed E-state index contributed by atoms with van der Waals surface area (Å²) < 4.78 is 0. The van der Waals surface area contributed by atoms with Crippen LogP contribution in [0.3, 0.4) is 0 Å². The van der Waals surface area contributed by atoms with Crippen molar-refractivity contribution in [3.8, 4) is 0 Å². The Morgan fingerprint density at radius 3 is 2.75 bits per heavy atom. The van der Waals surface area contributed by atoms with Gasteiger partial charge in [0, 0.05) is 6.92 Å². The molecule has 0 heterocycles. The molecule has 0 amide bonds. The van der Waals surface area contributed by atoms with Gasteiger partial charge in [-0.15, -0.1) is 0 Å². The smallest absolute Gasteiger partial charge is 0.162 e. The number of hydroxylamine groups is 2. The summed E-state index contributed by atoms with van der Waals surface area (Å²) in [5, 5.41) is 18.9. The molecule has 2 unspecified atom stereocenters. The van der Waals surface area contributed by atoms with Crippen LogP contribution in [0, 0.1) is 5.21 Å². The van der Waals surface area contributed by atoms with Gasteiger partial charge in [0.1, 0.15) is 0 Å². The Kier molecular flexibility index (Phi) is 2.47. The van der Waals surface area contributed by atoms with E-state index in [0.29, 0.717) is 0 Å². The fraction of sp³-hybridized carbons (Fsp3) is 0.333. The maximum Gasteiger partial charge on any atom is 0.162 e. The first-order chi connectivity index (χ1) is 5.54. The summed E-state index contributed by atoms with van der Waals surface area (Å²) in [5.74, 6) is 0. The minimum absolute atomic E-state index is 0.818. The molecule has 0 aromatic carbocycles. The topological polar surface area (TPSA) is 47.7 Å². The lowest BCUT2D eigenvalue weighted by molar-refractivity contribution is -1.08. The summed E-state index contributed by atoms with van der Waals surface area (Å²) in [6.45, 7) is 3.58. The first-order valence-electron chi connectivity index (χ1n) is 3.83. The number of quaternary nitrogens is 1. The lowest BCUT2D eigenvalue weighted by atomic mass is 10.0. The van der Waals surface area contributed by atoms with Gasteiger partial charge in [0.25, 0.3) is 0 Å². The molecule has 1 aliphatic carbocycles. The minimum Gasteiger partial charge on any atom is -0.599 e. The highest BCUT2D eigenvalue weighted by Crippen LogP contribution is 2.11. The molecule has 1 rings (SSSR count). The molecule has 2 N–H and O–H groups in total. The van der Waals surface area contributed by atoms with Gasteiger partial charge < -0.3 is 5.21 Å². The van der Waals surface area contributed by atoms with Gasteiger partial charge in [-0.3, -0.25) is 0 Å². The van der Waals surface area contributed by atoms with Gasteiger partial charge in [0.05, 0.1) is 0 Å². The molecule has 3 heteroatoms. The normalized spacial score (nSPS) is 31.2. The second-order valence-corrected chi connectivity index (χ2v) is 3.19. The molecule has 0 radical (unpaired) electrons. The van der Waals surface area contributed by atoms with Crippen molar-refractivity contribution in [2.24, 2.45) is 0 Å². The van der Waals surface area contributed by atoms with Crippen LogP contribution >= 0.6 is 0 Å². The van der Waals surface area contributed by atoms with E-state index in [1.54, 1.807) is 25.2 Å². The van der Waals surface area contributed by atoms with Gasteiger partial charge in [-0.1, -0.05) is 18.2 Å². The zero-order valence-electron chi connectivity index (χ0n) is 7.24. The second-order valence-electron chi connectivity index (χ2n) is 3.19. The Labute approximate surface area is 71.8 Å². The molecule has 0 fully saturated rings. The van der Waals surface area contributed by atoms with Gasteiger partial charge >= 0.3 is 0 Å². The number of hydrogen-bond acceptors (Lipinski definition) is 2. The molecule has 0 spiro atoms. The van der Waals surface area contributed by atoms with Gasteiger partial charge in [0.2, 0.25) is 0 Å². The zero-order valence-corrected chi connectivity index (χ0v) is 7.24. The van der Waals surface area contributed by atoms with E-state index in [0.717, 1.165) is 5.57 Å². The van der Waals surface area contributed by atoms with Gasteiger partial charge in [-0.25, -0.2) is 10.4 Å². The molecule has 12 heavy (non-hydrogen) atoms. The van der Waals surface area contributed by atoms with E-state index in [4.69, 9.17) is 5.21 Å². The van der Waals surface area contributed by atoms with E-state index in [1.165, 1.54) is 0 Å². The highest BCUT2D eigenvalue weighted by molar-refractivity contribution is 5.30. The lowest BCUT2D eigenvalue weighted by Gasteiger charge is -2.29. The summed E-state index contributed by atoms with van der Waals surface area (Å²) in [6, 6.07) is 0. The molecule has 66 valence electrons. The Morgan fingerprint density at radius 2 is 2.17 bits per heavy atom. The molecule has 0 aromatic heterocycles. The van der Waals surface area contributed by atoms with Gasteiger partial charge in [0.15, 0.2) is 5.54 Å². The standard InChI is InChI=1S/C9H13NO2/c1-8-5-3-4-6-9(2,7-8)10(11)12/h3-7,10-11H,1-2H3. The van der Waals surface area contributed by atoms with Crippen molar-refractivity contribution < 1.29 is 10.4 Å². The third-order valence-electron chi connectivity index (χ3n) is 1.90. The zero-order chi connectivity index (χ0) is 9.19. The highest BCUT2D eigenvalue weighted by atomic mass is 16.8. The van der Waals surface area contributed by atoms with E-state index in [1.807, 2.05) is 19.1 Å². The molecule has 3 nitrogen and oxygen atoms in total. The summed E-state index contributed by atoms with van der Waals surface area (Å²) in [4.78, 5) is 0. The maximum atomic E-state index is 10.9. The van der Waals surface area contributed by atoms with Crippen LogP contribution < -0.4 is 5.23 Å². The maximum absolute atomic E-state index is 10.9. The lowest BCUT2D eigenvalue weighted by Crippen LogP contribution is -3.13. The highest BCUT2D eigenvalue weighted by Gasteiger charge is 2.25. The van der Waals surface area contributed by atoms with Crippen LogP contribution in [0.2, 0.25) is 0 Å². The van der Waals surface area contributed by atoms with Crippen molar-refractivity contribution in [1.82, 2.24) is 0 Å². The molecule has 0 bridgehead atoms. The molecule has 1 aliphatic rings. The molecule has 0 saturated carbocycles. The van der Waals surface area contributed by atoms with Crippen molar-refractivity contribution >= 4 is 0 Å². The van der Waals surface area contributed by atoms with Gasteiger partial charge in [-0.05, 0) is 24.6 Å². The largest absolute Gasteiger partial charge is 0.599 e. The van der Waals surface area contributed by atoms with Gasteiger partial charge in [-0.2, -0.15) is 0 Å². The third-order valence-corrected chi connectivity index (χ3v) is 1.90. The van der Waals surface area contributed by atoms with E-state index in [9.17, 15) is 5.21 Å². The minimum atomic E-state index is -0.854. The summed E-state index contributed by atoms with van der Waals surface area (Å²) >= 11 is 0. The van der Waals surface area contributed by atoms with Crippen molar-refractivity contribution in [3.05, 3.63) is 41.2 Å². The number of rotatable bonds is 1. The predicted octanol–water partition coefficient (Wildman–Crippen LogP) is 0.589. The third kappa shape index (κ3) is 1.82. The molecule has 0 saturated heterocycles. The van der Waals surface area contributed by atoms with Crippen LogP contribution in [0.1, 0.15) is 13.8 Å². The Bertz CT molecular complexity index is 253. The Balaban J connectivity index is 2.99. The Morgan fingerprint density at radius 1 is 1.50 bits per heavy atom. The van der Waals surface area contributed by atoms with Crippen LogP contribution in [-0.2, 0) is 0 Å². The monoisotopic (exact) mass is 167 g/mol. The van der Waals surface area contributed by atoms with E-state index >= 15 is 0 Å². The van der Waals surface area contributed by atoms with Crippen LogP contribution in [0.25, 0.3) is 0 Å². The molecule has 2 atom stereocenters. The first-order valence-corrected chi connectivity index (χ1v) is 3.83. The first kappa shape index (κ1) is 9.19. The van der Waals surface area contributed by atoms with Crippen molar-refractivity contribution in [2.45, 2.75) is 19.4 Å². The molecule has 0 aromatic rings. The Hall–Kier alpha value is -0.900. The van der Waals surface area contributed by atoms with Crippen LogP contribution in [0.4, 0.5) is 0 Å². The average molecular weight is 167 g/mol. The average Bonchev–Trinajstić information content (AvgIpc) is 2.12. The summed E-state index contributed by atoms with van der Waals surface area (Å²) in [6.07, 6.45) is 8.93. The van der Waals surface area contributed by atoms with Crippen LogP contribution in [0.5, 0.6) is 0 Å². The summed E-state index contributed by atoms with van der Waals surface area (Å²) in [7, 11) is 0. The van der Waals surface area contributed by atoms with E-state index in [-0.39, 0.29) is 0 Å². The van der Waals surface area contributed by atoms with Crippen LogP contribution in [0.15, 0.2) is 36.0 Å². The molecule has 0 aliphatic heterocycles. The van der Waals surface area contributed by atoms with E-state index < -0.39 is 10.8 Å². The van der Waals surface area contributed by atoms with Crippen molar-refractivity contribution in [3.63, 3.8) is 0 Å². The van der Waals surface area contributed by atoms with E-state index in [2.05, 4.69) is 0 Å². The number of allylic oxidation sites excluding steroid dienone is 4. The molecular weight excluding hydrogens is 154 g/mol. The van der Waals surface area contributed by atoms with Crippen molar-refractivity contribution in [2.75, 3.05) is 0 Å². The fourth-order valence-corrected chi connectivity index (χ4v) is 1.16. The SMILES string of the molecule is CC1=CC(C)([NH+]([O-])O)C=CC=C1. The molecular formula is C9H13NO2. The van der Waals surface area contributed by atoms with Crippen molar-refractivity contribution in [1.29, 1.82) is 0 Å².